The molecule has 3 unspecified atom stereocenters. The summed E-state index contributed by atoms with van der Waals surface area (Å²) in [6, 6.07) is 0. The van der Waals surface area contributed by atoms with Crippen molar-refractivity contribution in [3.05, 3.63) is 0 Å². The van der Waals surface area contributed by atoms with Crippen LogP contribution in [0.4, 0.5) is 0 Å². The van der Waals surface area contributed by atoms with Gasteiger partial charge in [0.1, 0.15) is 0 Å². The Labute approximate surface area is 72.2 Å². The van der Waals surface area contributed by atoms with Gasteiger partial charge in [-0.25, -0.2) is 0 Å². The molecular weight excluding hydrogens is 154 g/mol. The first kappa shape index (κ1) is 8.05. The number of nitrogens with one attached hydrogen (secondary N) is 1. The Morgan fingerprint density at radius 2 is 2.33 bits per heavy atom. The van der Waals surface area contributed by atoms with E-state index in [9.17, 15) is 4.79 Å². The summed E-state index contributed by atoms with van der Waals surface area (Å²) in [5.74, 6) is 1.73. The van der Waals surface area contributed by atoms with Gasteiger partial charge in [-0.2, -0.15) is 0 Å². The van der Waals surface area contributed by atoms with Crippen molar-refractivity contribution in [2.45, 2.75) is 19.3 Å². The number of carbonyl (C=O) groups is 1. The molecule has 3 heteroatoms. The van der Waals surface area contributed by atoms with Crippen LogP contribution in [0.15, 0.2) is 0 Å². The highest BCUT2D eigenvalue weighted by Crippen LogP contribution is 2.52. The molecule has 0 aromatic heterocycles. The lowest BCUT2D eigenvalue weighted by molar-refractivity contribution is -0.137. The summed E-state index contributed by atoms with van der Waals surface area (Å²) in [5, 5.41) is 11.9. The largest absolute Gasteiger partial charge is 0.481 e. The first-order valence-electron chi connectivity index (χ1n) is 4.71. The van der Waals surface area contributed by atoms with E-state index in [-0.39, 0.29) is 0 Å². The van der Waals surface area contributed by atoms with Gasteiger partial charge in [0.15, 0.2) is 0 Å². The van der Waals surface area contributed by atoms with Gasteiger partial charge >= 0.3 is 5.97 Å². The molecular formula is C9H15NO2. The van der Waals surface area contributed by atoms with Crippen molar-refractivity contribution < 1.29 is 9.90 Å². The second-order valence-electron chi connectivity index (χ2n) is 3.92. The fourth-order valence-electron chi connectivity index (χ4n) is 2.51. The maximum atomic E-state index is 10.3. The van der Waals surface area contributed by atoms with Crippen LogP contribution in [0.1, 0.15) is 19.3 Å². The lowest BCUT2D eigenvalue weighted by Gasteiger charge is -2.08. The summed E-state index contributed by atoms with van der Waals surface area (Å²) < 4.78 is 0. The molecule has 2 aliphatic rings. The summed E-state index contributed by atoms with van der Waals surface area (Å²) in [6.07, 6.45) is 2.51. The minimum atomic E-state index is -0.647. The number of carboxylic acid groups (broad SMARTS) is 1. The van der Waals surface area contributed by atoms with Crippen LogP contribution in [-0.4, -0.2) is 24.2 Å². The van der Waals surface area contributed by atoms with Crippen LogP contribution in [0.5, 0.6) is 0 Å². The lowest BCUT2D eigenvalue weighted by Crippen LogP contribution is -2.23. The predicted molar refractivity (Wildman–Crippen MR) is 44.8 cm³/mol. The first-order valence-corrected chi connectivity index (χ1v) is 4.71. The second kappa shape index (κ2) is 3.05. The second-order valence-corrected chi connectivity index (χ2v) is 3.92. The summed E-state index contributed by atoms with van der Waals surface area (Å²) in [6.45, 7) is 2.25. The molecule has 3 atom stereocenters. The molecule has 2 rings (SSSR count). The summed E-state index contributed by atoms with van der Waals surface area (Å²) >= 11 is 0. The average molecular weight is 169 g/mol. The maximum absolute atomic E-state index is 10.3. The van der Waals surface area contributed by atoms with E-state index in [4.69, 9.17) is 5.11 Å². The number of carboxylic acids is 1. The third-order valence-corrected chi connectivity index (χ3v) is 3.23. The zero-order valence-electron chi connectivity index (χ0n) is 7.12. The fourth-order valence-corrected chi connectivity index (χ4v) is 2.51. The Morgan fingerprint density at radius 1 is 1.50 bits per heavy atom. The van der Waals surface area contributed by atoms with Crippen LogP contribution in [0.3, 0.4) is 0 Å². The number of hydrogen-bond donors (Lipinski definition) is 2. The molecule has 0 bridgehead atoms. The molecule has 0 spiro atoms. The smallest absolute Gasteiger partial charge is 0.303 e. The summed E-state index contributed by atoms with van der Waals surface area (Å²) in [5.41, 5.74) is 0. The topological polar surface area (TPSA) is 49.3 Å². The molecule has 12 heavy (non-hydrogen) atoms. The Kier molecular flexibility index (Phi) is 2.05. The van der Waals surface area contributed by atoms with Gasteiger partial charge in [0.05, 0.1) is 0 Å². The molecule has 1 saturated heterocycles. The summed E-state index contributed by atoms with van der Waals surface area (Å²) in [7, 11) is 0. The van der Waals surface area contributed by atoms with E-state index >= 15 is 0 Å². The SMILES string of the molecule is O=C(O)CCC1C2CCNCC21. The maximum Gasteiger partial charge on any atom is 0.303 e. The van der Waals surface area contributed by atoms with Crippen LogP contribution >= 0.6 is 0 Å². The molecule has 0 aromatic carbocycles. The van der Waals surface area contributed by atoms with Crippen molar-refractivity contribution in [1.82, 2.24) is 5.32 Å². The minimum Gasteiger partial charge on any atom is -0.481 e. The van der Waals surface area contributed by atoms with Crippen molar-refractivity contribution in [2.75, 3.05) is 13.1 Å². The Morgan fingerprint density at radius 3 is 2.92 bits per heavy atom. The van der Waals surface area contributed by atoms with Crippen LogP contribution in [0.25, 0.3) is 0 Å². The molecule has 0 amide bonds. The van der Waals surface area contributed by atoms with Crippen LogP contribution in [0, 0.1) is 17.8 Å². The Bertz CT molecular complexity index is 181. The molecule has 1 heterocycles. The lowest BCUT2D eigenvalue weighted by atomic mass is 10.1. The van der Waals surface area contributed by atoms with Gasteiger partial charge in [-0.05, 0) is 43.7 Å². The normalized spacial score (nSPS) is 38.8. The van der Waals surface area contributed by atoms with Gasteiger partial charge in [0, 0.05) is 6.42 Å². The van der Waals surface area contributed by atoms with E-state index in [1.54, 1.807) is 0 Å². The van der Waals surface area contributed by atoms with Crippen molar-refractivity contribution in [3.63, 3.8) is 0 Å². The number of hydrogen-bond acceptors (Lipinski definition) is 2. The highest BCUT2D eigenvalue weighted by atomic mass is 16.4. The highest BCUT2D eigenvalue weighted by Gasteiger charge is 2.49. The number of rotatable bonds is 3. The molecule has 3 nitrogen and oxygen atoms in total. The van der Waals surface area contributed by atoms with Crippen LogP contribution in [-0.2, 0) is 4.79 Å². The number of piperidine rings is 1. The zero-order chi connectivity index (χ0) is 8.55. The van der Waals surface area contributed by atoms with Gasteiger partial charge in [-0.3, -0.25) is 4.79 Å². The minimum absolute atomic E-state index is 0.359. The summed E-state index contributed by atoms with van der Waals surface area (Å²) in [4.78, 5) is 10.3. The number of aliphatic carboxylic acids is 1. The van der Waals surface area contributed by atoms with Gasteiger partial charge in [0.25, 0.3) is 0 Å². The molecule has 2 fully saturated rings. The van der Waals surface area contributed by atoms with Gasteiger partial charge in [-0.1, -0.05) is 0 Å². The van der Waals surface area contributed by atoms with E-state index in [0.29, 0.717) is 6.42 Å². The zero-order valence-corrected chi connectivity index (χ0v) is 7.12. The van der Waals surface area contributed by atoms with Gasteiger partial charge in [0.2, 0.25) is 0 Å². The van der Waals surface area contributed by atoms with Crippen LogP contribution < -0.4 is 5.32 Å². The Hall–Kier alpha value is -0.570. The molecule has 0 radical (unpaired) electrons. The molecule has 1 aliphatic heterocycles. The Balaban J connectivity index is 1.74. The molecule has 1 saturated carbocycles. The van der Waals surface area contributed by atoms with Crippen molar-refractivity contribution in [3.8, 4) is 0 Å². The van der Waals surface area contributed by atoms with Crippen molar-refractivity contribution in [1.29, 1.82) is 0 Å². The van der Waals surface area contributed by atoms with E-state index in [1.807, 2.05) is 0 Å². The van der Waals surface area contributed by atoms with Gasteiger partial charge in [-0.15, -0.1) is 0 Å². The fraction of sp³-hybridized carbons (Fsp3) is 0.889. The first-order chi connectivity index (χ1) is 5.79. The van der Waals surface area contributed by atoms with E-state index in [0.717, 1.165) is 37.3 Å². The van der Waals surface area contributed by atoms with E-state index in [1.165, 1.54) is 6.42 Å². The number of fused-ring (bicyclic) bond motifs is 1. The van der Waals surface area contributed by atoms with E-state index in [2.05, 4.69) is 5.32 Å². The third-order valence-electron chi connectivity index (χ3n) is 3.23. The van der Waals surface area contributed by atoms with Gasteiger partial charge < -0.3 is 10.4 Å². The molecule has 1 aliphatic carbocycles. The predicted octanol–water partition coefficient (Wildman–Crippen LogP) is 0.707. The van der Waals surface area contributed by atoms with E-state index < -0.39 is 5.97 Å². The van der Waals surface area contributed by atoms with Crippen molar-refractivity contribution >= 4 is 5.97 Å². The average Bonchev–Trinajstić information content (AvgIpc) is 2.74. The third kappa shape index (κ3) is 1.46. The molecule has 68 valence electrons. The highest BCUT2D eigenvalue weighted by molar-refractivity contribution is 5.66. The van der Waals surface area contributed by atoms with Crippen molar-refractivity contribution in [2.24, 2.45) is 17.8 Å². The standard InChI is InChI=1S/C9H15NO2/c11-9(12)2-1-6-7-3-4-10-5-8(6)7/h6-8,10H,1-5H2,(H,11,12). The monoisotopic (exact) mass is 169 g/mol. The molecule has 2 N–H and O–H groups in total. The van der Waals surface area contributed by atoms with Crippen LogP contribution in [0.2, 0.25) is 0 Å². The quantitative estimate of drug-likeness (QED) is 0.654. The molecule has 0 aromatic rings.